The van der Waals surface area contributed by atoms with E-state index in [1.54, 1.807) is 55.0 Å². The minimum atomic E-state index is -0.385. The van der Waals surface area contributed by atoms with E-state index in [4.69, 9.17) is 17.3 Å². The summed E-state index contributed by atoms with van der Waals surface area (Å²) in [6, 6.07) is 15.5. The smallest absolute Gasteiger partial charge is 0.169 e. The molecule has 2 heterocycles. The first kappa shape index (κ1) is 18.5. The number of nitrogens with zero attached hydrogens (tertiary/aromatic N) is 3. The standard InChI is InChI=1S/C20H18ClN5O/c21-16-8-6-14(7-9-16)19(27)12-18(15-4-3-10-23-13-15)25-26-20(22)17-5-1-2-11-24-17/h1-11,13,18,25H,12H2,(H2,22,26). The number of amidine groups is 1. The van der Waals surface area contributed by atoms with Crippen molar-refractivity contribution in [3.63, 3.8) is 0 Å². The fourth-order valence-electron chi connectivity index (χ4n) is 2.48. The van der Waals surface area contributed by atoms with Crippen LogP contribution >= 0.6 is 11.6 Å². The molecule has 0 saturated carbocycles. The number of halogens is 1. The van der Waals surface area contributed by atoms with E-state index < -0.39 is 0 Å². The van der Waals surface area contributed by atoms with Crippen LogP contribution in [0.15, 0.2) is 78.3 Å². The SMILES string of the molecule is N/C(=N\NC(CC(=O)c1ccc(Cl)cc1)c1cccnc1)c1ccccn1. The van der Waals surface area contributed by atoms with Gasteiger partial charge in [-0.15, -0.1) is 0 Å². The molecule has 0 fully saturated rings. The highest BCUT2D eigenvalue weighted by Gasteiger charge is 2.17. The van der Waals surface area contributed by atoms with E-state index in [0.29, 0.717) is 16.3 Å². The summed E-state index contributed by atoms with van der Waals surface area (Å²) in [5.41, 5.74) is 10.9. The minimum absolute atomic E-state index is 0.0420. The first-order valence-corrected chi connectivity index (χ1v) is 8.70. The summed E-state index contributed by atoms with van der Waals surface area (Å²) < 4.78 is 0. The number of aromatic nitrogens is 2. The summed E-state index contributed by atoms with van der Waals surface area (Å²) in [6.45, 7) is 0. The van der Waals surface area contributed by atoms with Crippen LogP contribution < -0.4 is 11.2 Å². The van der Waals surface area contributed by atoms with Gasteiger partial charge in [0.2, 0.25) is 0 Å². The molecule has 0 amide bonds. The van der Waals surface area contributed by atoms with Gasteiger partial charge in [0.15, 0.2) is 11.6 Å². The van der Waals surface area contributed by atoms with Gasteiger partial charge in [-0.3, -0.25) is 20.2 Å². The van der Waals surface area contributed by atoms with Crippen LogP contribution in [0.3, 0.4) is 0 Å². The Morgan fingerprint density at radius 1 is 1.11 bits per heavy atom. The van der Waals surface area contributed by atoms with E-state index in [-0.39, 0.29) is 24.1 Å². The second-order valence-electron chi connectivity index (χ2n) is 5.81. The molecule has 3 N–H and O–H groups in total. The number of rotatable bonds is 7. The van der Waals surface area contributed by atoms with Gasteiger partial charge in [-0.05, 0) is 48.0 Å². The Kier molecular flexibility index (Phi) is 6.12. The zero-order valence-corrected chi connectivity index (χ0v) is 15.2. The highest BCUT2D eigenvalue weighted by molar-refractivity contribution is 6.30. The number of nitrogens with one attached hydrogen (secondary N) is 1. The fourth-order valence-corrected chi connectivity index (χ4v) is 2.60. The van der Waals surface area contributed by atoms with Gasteiger partial charge in [-0.2, -0.15) is 5.10 Å². The zero-order valence-electron chi connectivity index (χ0n) is 14.4. The van der Waals surface area contributed by atoms with Crippen LogP contribution in [0, 0.1) is 0 Å². The molecular formula is C20H18ClN5O. The molecule has 3 aromatic rings. The van der Waals surface area contributed by atoms with E-state index in [1.807, 2.05) is 18.2 Å². The maximum Gasteiger partial charge on any atom is 0.169 e. The Morgan fingerprint density at radius 2 is 1.93 bits per heavy atom. The Labute approximate surface area is 162 Å². The van der Waals surface area contributed by atoms with Gasteiger partial charge in [0, 0.05) is 35.6 Å². The normalized spacial score (nSPS) is 12.4. The van der Waals surface area contributed by atoms with Gasteiger partial charge >= 0.3 is 0 Å². The Balaban J connectivity index is 1.79. The summed E-state index contributed by atoms with van der Waals surface area (Å²) in [5, 5.41) is 4.80. The van der Waals surface area contributed by atoms with Crippen LogP contribution in [0.4, 0.5) is 0 Å². The number of Topliss-reactive ketones (excluding diaryl/α,β-unsaturated/α-hetero) is 1. The van der Waals surface area contributed by atoms with Crippen molar-refractivity contribution in [2.24, 2.45) is 10.8 Å². The molecule has 0 radical (unpaired) electrons. The van der Waals surface area contributed by atoms with Crippen molar-refractivity contribution < 1.29 is 4.79 Å². The van der Waals surface area contributed by atoms with Gasteiger partial charge in [-0.25, -0.2) is 0 Å². The highest BCUT2D eigenvalue weighted by atomic mass is 35.5. The molecule has 0 saturated heterocycles. The molecule has 0 aliphatic rings. The van der Waals surface area contributed by atoms with Gasteiger partial charge in [0.05, 0.1) is 6.04 Å². The molecule has 0 bridgehead atoms. The van der Waals surface area contributed by atoms with Crippen molar-refractivity contribution in [3.8, 4) is 0 Å². The molecular weight excluding hydrogens is 362 g/mol. The first-order chi connectivity index (χ1) is 13.1. The van der Waals surface area contributed by atoms with Crippen molar-refractivity contribution in [1.29, 1.82) is 0 Å². The van der Waals surface area contributed by atoms with E-state index in [9.17, 15) is 4.79 Å². The van der Waals surface area contributed by atoms with Gasteiger partial charge < -0.3 is 5.73 Å². The van der Waals surface area contributed by atoms with Crippen LogP contribution in [0.25, 0.3) is 0 Å². The lowest BCUT2D eigenvalue weighted by Gasteiger charge is -2.16. The number of hydrogen-bond acceptors (Lipinski definition) is 5. The predicted molar refractivity (Wildman–Crippen MR) is 105 cm³/mol. The predicted octanol–water partition coefficient (Wildman–Crippen LogP) is 3.35. The fraction of sp³-hybridized carbons (Fsp3) is 0.100. The first-order valence-electron chi connectivity index (χ1n) is 8.32. The van der Waals surface area contributed by atoms with E-state index in [1.165, 1.54) is 0 Å². The molecule has 1 atom stereocenters. The van der Waals surface area contributed by atoms with Crippen molar-refractivity contribution in [2.75, 3.05) is 0 Å². The summed E-state index contributed by atoms with van der Waals surface area (Å²) in [6.07, 6.45) is 5.19. The van der Waals surface area contributed by atoms with E-state index in [0.717, 1.165) is 5.56 Å². The third-order valence-electron chi connectivity index (χ3n) is 3.91. The number of hydrazone groups is 1. The molecule has 6 nitrogen and oxygen atoms in total. The molecule has 3 rings (SSSR count). The Morgan fingerprint density at radius 3 is 2.59 bits per heavy atom. The minimum Gasteiger partial charge on any atom is -0.380 e. The lowest BCUT2D eigenvalue weighted by atomic mass is 9.99. The molecule has 27 heavy (non-hydrogen) atoms. The third-order valence-corrected chi connectivity index (χ3v) is 4.16. The molecule has 136 valence electrons. The summed E-state index contributed by atoms with van der Waals surface area (Å²) in [7, 11) is 0. The van der Waals surface area contributed by atoms with Crippen molar-refractivity contribution in [2.45, 2.75) is 12.5 Å². The maximum absolute atomic E-state index is 12.7. The second kappa shape index (κ2) is 8.91. The number of nitrogens with two attached hydrogens (primary N) is 1. The molecule has 1 unspecified atom stereocenters. The third kappa shape index (κ3) is 5.12. The quantitative estimate of drug-likeness (QED) is 0.284. The van der Waals surface area contributed by atoms with Crippen LogP contribution in [0.5, 0.6) is 0 Å². The lowest BCUT2D eigenvalue weighted by molar-refractivity contribution is 0.0968. The van der Waals surface area contributed by atoms with Crippen molar-refractivity contribution in [3.05, 3.63) is 95.0 Å². The average molecular weight is 380 g/mol. The summed E-state index contributed by atoms with van der Waals surface area (Å²) >= 11 is 5.89. The van der Waals surface area contributed by atoms with Crippen molar-refractivity contribution >= 4 is 23.2 Å². The molecule has 0 aliphatic carbocycles. The van der Waals surface area contributed by atoms with E-state index in [2.05, 4.69) is 20.5 Å². The zero-order chi connectivity index (χ0) is 19.1. The molecule has 1 aromatic carbocycles. The molecule has 0 spiro atoms. The van der Waals surface area contributed by atoms with E-state index >= 15 is 0 Å². The van der Waals surface area contributed by atoms with Crippen LogP contribution in [-0.2, 0) is 0 Å². The number of hydrogen-bond donors (Lipinski definition) is 2. The van der Waals surface area contributed by atoms with Gasteiger partial charge in [0.25, 0.3) is 0 Å². The molecule has 7 heteroatoms. The monoisotopic (exact) mass is 379 g/mol. The lowest BCUT2D eigenvalue weighted by Crippen LogP contribution is -2.25. The van der Waals surface area contributed by atoms with Gasteiger partial charge in [0.1, 0.15) is 5.69 Å². The number of pyridine rings is 2. The maximum atomic E-state index is 12.7. The van der Waals surface area contributed by atoms with Crippen LogP contribution in [0.2, 0.25) is 5.02 Å². The van der Waals surface area contributed by atoms with Gasteiger partial charge in [-0.1, -0.05) is 23.7 Å². The topological polar surface area (TPSA) is 93.3 Å². The highest BCUT2D eigenvalue weighted by Crippen LogP contribution is 2.20. The average Bonchev–Trinajstić information content (AvgIpc) is 2.72. The van der Waals surface area contributed by atoms with Crippen LogP contribution in [-0.4, -0.2) is 21.6 Å². The summed E-state index contributed by atoms with van der Waals surface area (Å²) in [5.74, 6) is 0.197. The number of ketones is 1. The number of carbonyl (C=O) groups is 1. The van der Waals surface area contributed by atoms with Crippen LogP contribution in [0.1, 0.15) is 34.1 Å². The summed E-state index contributed by atoms with van der Waals surface area (Å²) in [4.78, 5) is 20.9. The molecule has 0 aliphatic heterocycles. The number of carbonyl (C=O) groups excluding carboxylic acids is 1. The Bertz CT molecular complexity index is 914. The van der Waals surface area contributed by atoms with Crippen molar-refractivity contribution in [1.82, 2.24) is 15.4 Å². The second-order valence-corrected chi connectivity index (χ2v) is 6.25. The number of benzene rings is 1. The Hall–Kier alpha value is -3.25. The molecule has 2 aromatic heterocycles. The largest absolute Gasteiger partial charge is 0.380 e.